The van der Waals surface area contributed by atoms with Crippen LogP contribution in [0.3, 0.4) is 0 Å². The van der Waals surface area contributed by atoms with Gasteiger partial charge in [-0.05, 0) is 61.0 Å². The van der Waals surface area contributed by atoms with Crippen LogP contribution in [0.25, 0.3) is 0 Å². The minimum Gasteiger partial charge on any atom is -0.316 e. The number of fused-ring (bicyclic) bond motifs is 2. The van der Waals surface area contributed by atoms with Crippen molar-refractivity contribution in [2.24, 2.45) is 30.2 Å². The number of aromatic nitrogens is 2. The number of aryl methyl sites for hydroxylation is 1. The molecule has 2 saturated carbocycles. The van der Waals surface area contributed by atoms with Gasteiger partial charge in [0.1, 0.15) is 0 Å². The van der Waals surface area contributed by atoms with Gasteiger partial charge >= 0.3 is 0 Å². The molecule has 3 heteroatoms. The van der Waals surface area contributed by atoms with Crippen molar-refractivity contribution in [1.82, 2.24) is 15.1 Å². The molecule has 3 unspecified atom stereocenters. The highest BCUT2D eigenvalue weighted by molar-refractivity contribution is 5.13. The Hall–Kier alpha value is -0.830. The van der Waals surface area contributed by atoms with Gasteiger partial charge in [-0.2, -0.15) is 5.10 Å². The Balaban J connectivity index is 1.70. The summed E-state index contributed by atoms with van der Waals surface area (Å²) in [6.07, 6.45) is 11.3. The minimum atomic E-state index is 0.501. The molecule has 0 aliphatic heterocycles. The maximum Gasteiger partial charge on any atom is 0.0521 e. The molecule has 0 amide bonds. The first kappa shape index (κ1) is 14.1. The second-order valence-electron chi connectivity index (χ2n) is 7.67. The van der Waals surface area contributed by atoms with Crippen molar-refractivity contribution in [3.05, 3.63) is 18.0 Å². The summed E-state index contributed by atoms with van der Waals surface area (Å²) in [5.74, 6) is 2.67. The zero-order valence-corrected chi connectivity index (χ0v) is 13.2. The normalized spacial score (nSPS) is 32.4. The molecule has 3 atom stereocenters. The zero-order chi connectivity index (χ0) is 14.2. The lowest BCUT2D eigenvalue weighted by molar-refractivity contribution is 0.155. The third-order valence-corrected chi connectivity index (χ3v) is 5.45. The summed E-state index contributed by atoms with van der Waals surface area (Å²) >= 11 is 0. The van der Waals surface area contributed by atoms with Crippen LogP contribution in [0.15, 0.2) is 12.4 Å². The van der Waals surface area contributed by atoms with E-state index in [1.165, 1.54) is 44.2 Å². The van der Waals surface area contributed by atoms with E-state index in [-0.39, 0.29) is 0 Å². The van der Waals surface area contributed by atoms with Crippen molar-refractivity contribution in [3.8, 4) is 0 Å². The quantitative estimate of drug-likeness (QED) is 0.865. The van der Waals surface area contributed by atoms with Gasteiger partial charge in [-0.15, -0.1) is 0 Å². The van der Waals surface area contributed by atoms with E-state index in [9.17, 15) is 0 Å². The van der Waals surface area contributed by atoms with E-state index in [0.29, 0.717) is 5.41 Å². The maximum atomic E-state index is 4.36. The van der Waals surface area contributed by atoms with E-state index in [2.05, 4.69) is 36.7 Å². The fraction of sp³-hybridized carbons (Fsp3) is 0.824. The van der Waals surface area contributed by atoms with E-state index in [4.69, 9.17) is 0 Å². The molecular weight excluding hydrogens is 246 g/mol. The molecule has 3 rings (SSSR count). The first-order valence-corrected chi connectivity index (χ1v) is 8.26. The van der Waals surface area contributed by atoms with Crippen LogP contribution < -0.4 is 5.32 Å². The largest absolute Gasteiger partial charge is 0.316 e. The molecule has 0 radical (unpaired) electrons. The lowest BCUT2D eigenvalue weighted by Gasteiger charge is -2.38. The molecule has 0 saturated heterocycles. The van der Waals surface area contributed by atoms with Crippen molar-refractivity contribution in [2.45, 2.75) is 46.0 Å². The minimum absolute atomic E-state index is 0.501. The molecular formula is C17H29N3. The molecule has 2 bridgehead atoms. The molecule has 1 heterocycles. The fourth-order valence-electron chi connectivity index (χ4n) is 4.63. The van der Waals surface area contributed by atoms with Gasteiger partial charge < -0.3 is 5.32 Å². The molecule has 2 aliphatic rings. The maximum absolute atomic E-state index is 4.36. The predicted octanol–water partition coefficient (Wildman–Crippen LogP) is 3.01. The van der Waals surface area contributed by atoms with Crippen LogP contribution in [-0.2, 0) is 13.5 Å². The van der Waals surface area contributed by atoms with Crippen LogP contribution in [0.5, 0.6) is 0 Å². The molecule has 2 fully saturated rings. The third kappa shape index (κ3) is 2.78. The standard InChI is InChI=1S/C17H29N3/c1-13(2)9-18-12-17(7-14-4-5-16(17)6-14)8-15-10-19-20(3)11-15/h10-11,13-14,16,18H,4-9,12H2,1-3H3. The highest BCUT2D eigenvalue weighted by Gasteiger charge is 2.50. The lowest BCUT2D eigenvalue weighted by atomic mass is 9.69. The summed E-state index contributed by atoms with van der Waals surface area (Å²) in [5.41, 5.74) is 1.92. The summed E-state index contributed by atoms with van der Waals surface area (Å²) < 4.78 is 1.94. The smallest absolute Gasteiger partial charge is 0.0521 e. The first-order chi connectivity index (χ1) is 9.57. The van der Waals surface area contributed by atoms with E-state index < -0.39 is 0 Å². The Labute approximate surface area is 123 Å². The Morgan fingerprint density at radius 1 is 1.45 bits per heavy atom. The third-order valence-electron chi connectivity index (χ3n) is 5.45. The summed E-state index contributed by atoms with van der Waals surface area (Å²) in [6, 6.07) is 0. The predicted molar refractivity (Wildman–Crippen MR) is 82.5 cm³/mol. The Bertz CT molecular complexity index is 451. The van der Waals surface area contributed by atoms with Crippen molar-refractivity contribution in [2.75, 3.05) is 13.1 Å². The number of hydrogen-bond acceptors (Lipinski definition) is 2. The van der Waals surface area contributed by atoms with Gasteiger partial charge in [0.05, 0.1) is 6.20 Å². The van der Waals surface area contributed by atoms with Gasteiger partial charge in [-0.1, -0.05) is 20.3 Å². The number of rotatable bonds is 6. The summed E-state index contributed by atoms with van der Waals surface area (Å²) in [5, 5.41) is 8.11. The molecule has 1 N–H and O–H groups in total. The molecule has 2 aliphatic carbocycles. The molecule has 112 valence electrons. The monoisotopic (exact) mass is 275 g/mol. The number of nitrogens with one attached hydrogen (secondary N) is 1. The Morgan fingerprint density at radius 3 is 2.85 bits per heavy atom. The summed E-state index contributed by atoms with van der Waals surface area (Å²) in [7, 11) is 2.02. The number of nitrogens with zero attached hydrogens (tertiary/aromatic N) is 2. The topological polar surface area (TPSA) is 29.9 Å². The fourth-order valence-corrected chi connectivity index (χ4v) is 4.63. The van der Waals surface area contributed by atoms with Crippen molar-refractivity contribution in [3.63, 3.8) is 0 Å². The highest BCUT2D eigenvalue weighted by Crippen LogP contribution is 2.57. The molecule has 0 spiro atoms. The first-order valence-electron chi connectivity index (χ1n) is 8.26. The second-order valence-corrected chi connectivity index (χ2v) is 7.67. The van der Waals surface area contributed by atoms with E-state index in [1.54, 1.807) is 0 Å². The molecule has 0 aromatic carbocycles. The summed E-state index contributed by atoms with van der Waals surface area (Å²) in [4.78, 5) is 0. The van der Waals surface area contributed by atoms with Gasteiger partial charge in [-0.3, -0.25) is 4.68 Å². The average Bonchev–Trinajstić information content (AvgIpc) is 3.05. The average molecular weight is 275 g/mol. The van der Waals surface area contributed by atoms with Crippen LogP contribution in [0.1, 0.15) is 45.1 Å². The molecule has 1 aromatic heterocycles. The lowest BCUT2D eigenvalue weighted by Crippen LogP contribution is -2.41. The molecule has 20 heavy (non-hydrogen) atoms. The van der Waals surface area contributed by atoms with E-state index in [1.807, 2.05) is 11.7 Å². The van der Waals surface area contributed by atoms with Crippen molar-refractivity contribution >= 4 is 0 Å². The van der Waals surface area contributed by atoms with Crippen LogP contribution in [0.2, 0.25) is 0 Å². The van der Waals surface area contributed by atoms with Gasteiger partial charge in [0.2, 0.25) is 0 Å². The van der Waals surface area contributed by atoms with Crippen LogP contribution in [0, 0.1) is 23.2 Å². The van der Waals surface area contributed by atoms with Crippen LogP contribution >= 0.6 is 0 Å². The van der Waals surface area contributed by atoms with E-state index >= 15 is 0 Å². The Morgan fingerprint density at radius 2 is 2.30 bits per heavy atom. The van der Waals surface area contributed by atoms with Gasteiger partial charge in [-0.25, -0.2) is 0 Å². The van der Waals surface area contributed by atoms with Crippen LogP contribution in [-0.4, -0.2) is 22.9 Å². The molecule has 1 aromatic rings. The SMILES string of the molecule is CC(C)CNCC1(Cc2cnn(C)c2)CC2CCC1C2. The van der Waals surface area contributed by atoms with E-state index in [0.717, 1.165) is 24.3 Å². The van der Waals surface area contributed by atoms with Crippen LogP contribution in [0.4, 0.5) is 0 Å². The molecule has 3 nitrogen and oxygen atoms in total. The second kappa shape index (κ2) is 5.51. The van der Waals surface area contributed by atoms with Gasteiger partial charge in [0, 0.05) is 19.8 Å². The van der Waals surface area contributed by atoms with Crippen molar-refractivity contribution < 1.29 is 0 Å². The number of hydrogen-bond donors (Lipinski definition) is 1. The zero-order valence-electron chi connectivity index (χ0n) is 13.2. The van der Waals surface area contributed by atoms with Gasteiger partial charge in [0.15, 0.2) is 0 Å². The van der Waals surface area contributed by atoms with Gasteiger partial charge in [0.25, 0.3) is 0 Å². The van der Waals surface area contributed by atoms with Crippen molar-refractivity contribution in [1.29, 1.82) is 0 Å². The Kier molecular flexibility index (Phi) is 3.89. The highest BCUT2D eigenvalue weighted by atomic mass is 15.2. The summed E-state index contributed by atoms with van der Waals surface area (Å²) in [6.45, 7) is 6.93.